The van der Waals surface area contributed by atoms with Crippen LogP contribution in [0.4, 0.5) is 0 Å². The van der Waals surface area contributed by atoms with Gasteiger partial charge in [0.25, 0.3) is 0 Å². The molecule has 4 aromatic rings. The fourth-order valence-electron chi connectivity index (χ4n) is 3.57. The minimum atomic E-state index is 0. The zero-order valence-electron chi connectivity index (χ0n) is 17.2. The van der Waals surface area contributed by atoms with Crippen molar-refractivity contribution in [2.24, 2.45) is 0 Å². The number of hydrogen-bond donors (Lipinski definition) is 0. The molecule has 0 aliphatic rings. The average Bonchev–Trinajstić information content (AvgIpc) is 3.26. The van der Waals surface area contributed by atoms with E-state index in [2.05, 4.69) is 70.2 Å². The highest BCUT2D eigenvalue weighted by atomic mass is 35.5. The molecule has 0 fully saturated rings. The highest BCUT2D eigenvalue weighted by molar-refractivity contribution is 5.85. The van der Waals surface area contributed by atoms with E-state index in [4.69, 9.17) is 5.26 Å². The lowest BCUT2D eigenvalue weighted by Crippen LogP contribution is -2.04. The molecule has 0 saturated carbocycles. The van der Waals surface area contributed by atoms with Gasteiger partial charge >= 0.3 is 0 Å². The van der Waals surface area contributed by atoms with Crippen molar-refractivity contribution in [2.45, 2.75) is 19.4 Å². The van der Waals surface area contributed by atoms with Gasteiger partial charge in [0.1, 0.15) is 0 Å². The van der Waals surface area contributed by atoms with Crippen molar-refractivity contribution >= 4 is 18.0 Å². The van der Waals surface area contributed by atoms with Crippen LogP contribution in [-0.2, 0) is 13.0 Å². The Kier molecular flexibility index (Phi) is 7.81. The van der Waals surface area contributed by atoms with E-state index >= 15 is 0 Å². The van der Waals surface area contributed by atoms with Crippen LogP contribution in [0.1, 0.15) is 34.4 Å². The molecule has 0 aliphatic carbocycles. The maximum absolute atomic E-state index is 9.15. The summed E-state index contributed by atoms with van der Waals surface area (Å²) in [7, 11) is 0. The van der Waals surface area contributed by atoms with Crippen molar-refractivity contribution in [1.29, 1.82) is 5.26 Å². The highest BCUT2D eigenvalue weighted by Gasteiger charge is 2.11. The molecule has 0 spiro atoms. The van der Waals surface area contributed by atoms with Crippen LogP contribution in [0.3, 0.4) is 0 Å². The Morgan fingerprint density at radius 2 is 1.52 bits per heavy atom. The van der Waals surface area contributed by atoms with E-state index in [1.165, 1.54) is 11.1 Å². The Labute approximate surface area is 189 Å². The van der Waals surface area contributed by atoms with E-state index in [1.54, 1.807) is 0 Å². The third kappa shape index (κ3) is 5.72. The summed E-state index contributed by atoms with van der Waals surface area (Å²) in [5.74, 6) is 0. The number of imidazole rings is 1. The predicted octanol–water partition coefficient (Wildman–Crippen LogP) is 6.29. The second-order valence-corrected chi connectivity index (χ2v) is 7.22. The molecule has 4 heteroatoms. The number of nitrogens with zero attached hydrogens (tertiary/aromatic N) is 3. The molecule has 3 nitrogen and oxygen atoms in total. The lowest BCUT2D eigenvalue weighted by molar-refractivity contribution is 0.786. The fourth-order valence-corrected chi connectivity index (χ4v) is 3.57. The van der Waals surface area contributed by atoms with Gasteiger partial charge in [0.15, 0.2) is 0 Å². The second kappa shape index (κ2) is 11.0. The van der Waals surface area contributed by atoms with Crippen molar-refractivity contribution < 1.29 is 0 Å². The normalized spacial score (nSPS) is 10.9. The van der Waals surface area contributed by atoms with Crippen LogP contribution in [0.25, 0.3) is 5.57 Å². The Balaban J connectivity index is 0.00000272. The molecule has 0 unspecified atom stereocenters. The average molecular weight is 426 g/mol. The highest BCUT2D eigenvalue weighted by Crippen LogP contribution is 2.25. The minimum absolute atomic E-state index is 0. The van der Waals surface area contributed by atoms with Gasteiger partial charge in [0, 0.05) is 12.1 Å². The van der Waals surface area contributed by atoms with Gasteiger partial charge in [-0.15, -0.1) is 12.4 Å². The summed E-state index contributed by atoms with van der Waals surface area (Å²) in [5, 5.41) is 9.15. The van der Waals surface area contributed by atoms with Crippen molar-refractivity contribution in [1.82, 2.24) is 9.55 Å². The van der Waals surface area contributed by atoms with Gasteiger partial charge in [0.2, 0.25) is 0 Å². The molecule has 1 heterocycles. The van der Waals surface area contributed by atoms with E-state index in [1.807, 2.05) is 48.9 Å². The summed E-state index contributed by atoms with van der Waals surface area (Å²) in [6.07, 6.45) is 8.00. The summed E-state index contributed by atoms with van der Waals surface area (Å²) in [6.45, 7) is 0.766. The van der Waals surface area contributed by atoms with Crippen LogP contribution < -0.4 is 0 Å². The summed E-state index contributed by atoms with van der Waals surface area (Å²) >= 11 is 0. The Morgan fingerprint density at radius 3 is 2.16 bits per heavy atom. The molecular formula is C27H24ClN3. The molecule has 0 bridgehead atoms. The SMILES string of the molecule is Cl.N#Cc1ccc(/C(=C\CCc2ccccc2)c2cncn2Cc2ccccc2)cc1. The van der Waals surface area contributed by atoms with Crippen LogP contribution in [-0.4, -0.2) is 9.55 Å². The minimum Gasteiger partial charge on any atom is -0.326 e. The molecule has 0 N–H and O–H groups in total. The van der Waals surface area contributed by atoms with Gasteiger partial charge in [-0.2, -0.15) is 5.26 Å². The largest absolute Gasteiger partial charge is 0.326 e. The van der Waals surface area contributed by atoms with Gasteiger partial charge in [-0.25, -0.2) is 4.98 Å². The lowest BCUT2D eigenvalue weighted by Gasteiger charge is -2.13. The van der Waals surface area contributed by atoms with Gasteiger partial charge in [-0.1, -0.05) is 78.9 Å². The molecular weight excluding hydrogens is 402 g/mol. The standard InChI is InChI=1S/C27H23N3.ClH/c28-18-23-14-16-25(17-15-23)26(13-7-12-22-8-3-1-4-9-22)27-19-29-21-30(27)20-24-10-5-2-6-11-24;/h1-6,8-11,13-17,19,21H,7,12,20H2;1H/b26-13+;. The Bertz CT molecular complexity index is 1150. The first kappa shape index (κ1) is 22.1. The predicted molar refractivity (Wildman–Crippen MR) is 128 cm³/mol. The van der Waals surface area contributed by atoms with E-state index < -0.39 is 0 Å². The smallest absolute Gasteiger partial charge is 0.0991 e. The zero-order valence-corrected chi connectivity index (χ0v) is 18.0. The molecule has 0 radical (unpaired) electrons. The maximum Gasteiger partial charge on any atom is 0.0991 e. The maximum atomic E-state index is 9.15. The summed E-state index contributed by atoms with van der Waals surface area (Å²) in [5.41, 5.74) is 6.54. The third-order valence-electron chi connectivity index (χ3n) is 5.13. The van der Waals surface area contributed by atoms with Crippen molar-refractivity contribution in [3.05, 3.63) is 131 Å². The summed E-state index contributed by atoms with van der Waals surface area (Å²) in [6, 6.07) is 30.9. The molecule has 0 aliphatic heterocycles. The van der Waals surface area contributed by atoms with E-state index in [9.17, 15) is 0 Å². The topological polar surface area (TPSA) is 41.6 Å². The van der Waals surface area contributed by atoms with Crippen LogP contribution >= 0.6 is 12.4 Å². The fraction of sp³-hybridized carbons (Fsp3) is 0.111. The lowest BCUT2D eigenvalue weighted by atomic mass is 9.99. The van der Waals surface area contributed by atoms with Crippen molar-refractivity contribution in [2.75, 3.05) is 0 Å². The quantitative estimate of drug-likeness (QED) is 0.349. The van der Waals surface area contributed by atoms with Gasteiger partial charge in [-0.3, -0.25) is 0 Å². The molecule has 0 saturated heterocycles. The van der Waals surface area contributed by atoms with E-state index in [-0.39, 0.29) is 12.4 Å². The molecule has 1 aromatic heterocycles. The van der Waals surface area contributed by atoms with Gasteiger partial charge in [-0.05, 0) is 41.7 Å². The number of aromatic nitrogens is 2. The summed E-state index contributed by atoms with van der Waals surface area (Å²) in [4.78, 5) is 4.43. The monoisotopic (exact) mass is 425 g/mol. The molecule has 0 atom stereocenters. The van der Waals surface area contributed by atoms with Crippen LogP contribution in [0.2, 0.25) is 0 Å². The van der Waals surface area contributed by atoms with Gasteiger partial charge < -0.3 is 4.57 Å². The Morgan fingerprint density at radius 1 is 0.871 bits per heavy atom. The first-order valence-electron chi connectivity index (χ1n) is 10.1. The number of allylic oxidation sites excluding steroid dienone is 1. The molecule has 4 rings (SSSR count). The van der Waals surface area contributed by atoms with Crippen molar-refractivity contribution in [3.63, 3.8) is 0 Å². The molecule has 0 amide bonds. The van der Waals surface area contributed by atoms with Crippen LogP contribution in [0.15, 0.2) is 104 Å². The first-order chi connectivity index (χ1) is 14.8. The molecule has 154 valence electrons. The number of benzene rings is 3. The molecule has 3 aromatic carbocycles. The van der Waals surface area contributed by atoms with Crippen LogP contribution in [0.5, 0.6) is 0 Å². The number of hydrogen-bond acceptors (Lipinski definition) is 2. The van der Waals surface area contributed by atoms with Gasteiger partial charge in [0.05, 0.1) is 29.9 Å². The van der Waals surface area contributed by atoms with Crippen LogP contribution in [0, 0.1) is 11.3 Å². The molecule has 31 heavy (non-hydrogen) atoms. The number of halogens is 1. The Hall–Kier alpha value is -3.61. The first-order valence-corrected chi connectivity index (χ1v) is 10.1. The number of nitriles is 1. The number of aryl methyl sites for hydroxylation is 1. The second-order valence-electron chi connectivity index (χ2n) is 7.22. The van der Waals surface area contributed by atoms with E-state index in [0.717, 1.165) is 36.2 Å². The zero-order chi connectivity index (χ0) is 20.6. The van der Waals surface area contributed by atoms with E-state index in [0.29, 0.717) is 5.56 Å². The third-order valence-corrected chi connectivity index (χ3v) is 5.13. The summed E-state index contributed by atoms with van der Waals surface area (Å²) < 4.78 is 2.18. The number of rotatable bonds is 7. The van der Waals surface area contributed by atoms with Crippen molar-refractivity contribution in [3.8, 4) is 6.07 Å².